The second-order valence-corrected chi connectivity index (χ2v) is 7.08. The molecule has 1 aromatic carbocycles. The van der Waals surface area contributed by atoms with Crippen molar-refractivity contribution in [3.63, 3.8) is 0 Å². The fourth-order valence-corrected chi connectivity index (χ4v) is 3.59. The van der Waals surface area contributed by atoms with Crippen LogP contribution in [-0.2, 0) is 0 Å². The van der Waals surface area contributed by atoms with Crippen LogP contribution in [0.25, 0.3) is 11.3 Å². The van der Waals surface area contributed by atoms with Crippen molar-refractivity contribution in [1.82, 2.24) is 15.4 Å². The number of hydrogen-bond acceptors (Lipinski definition) is 6. The molecule has 1 aliphatic heterocycles. The average molecular weight is 395 g/mol. The molecule has 0 unspecified atom stereocenters. The van der Waals surface area contributed by atoms with E-state index in [0.29, 0.717) is 23.4 Å². The Hall–Kier alpha value is -3.39. The van der Waals surface area contributed by atoms with E-state index in [4.69, 9.17) is 8.94 Å². The topological polar surface area (TPSA) is 109 Å². The summed E-state index contributed by atoms with van der Waals surface area (Å²) >= 11 is 0. The summed E-state index contributed by atoms with van der Waals surface area (Å²) in [5.74, 6) is -0.0714. The number of amides is 2. The number of nitrogens with one attached hydrogen (secondary N) is 1. The fraction of sp³-hybridized carbons (Fsp3) is 0.286. The van der Waals surface area contributed by atoms with Gasteiger partial charge >= 0.3 is 0 Å². The van der Waals surface area contributed by atoms with Crippen molar-refractivity contribution in [1.29, 1.82) is 0 Å². The van der Waals surface area contributed by atoms with Crippen molar-refractivity contribution < 1.29 is 23.6 Å². The van der Waals surface area contributed by atoms with Crippen LogP contribution in [0.5, 0.6) is 0 Å². The first-order chi connectivity index (χ1) is 14.0. The van der Waals surface area contributed by atoms with Gasteiger partial charge in [0, 0.05) is 24.7 Å². The molecule has 29 heavy (non-hydrogen) atoms. The van der Waals surface area contributed by atoms with Gasteiger partial charge in [-0.1, -0.05) is 35.5 Å². The largest absolute Gasteiger partial charge is 0.459 e. The minimum Gasteiger partial charge on any atom is -0.459 e. The number of β-amino-alcohol motifs (C(OH)–C–C–N with tert-alkyl or cyclic N) is 1. The van der Waals surface area contributed by atoms with E-state index in [1.165, 1.54) is 11.2 Å². The lowest BCUT2D eigenvalue weighted by atomic mass is 10.0. The Morgan fingerprint density at radius 3 is 2.69 bits per heavy atom. The van der Waals surface area contributed by atoms with Gasteiger partial charge in [-0.15, -0.1) is 0 Å². The Labute approximate surface area is 167 Å². The lowest BCUT2D eigenvalue weighted by Gasteiger charge is -2.35. The van der Waals surface area contributed by atoms with Crippen LogP contribution in [0.15, 0.2) is 57.7 Å². The molecule has 2 aromatic heterocycles. The summed E-state index contributed by atoms with van der Waals surface area (Å²) in [6.45, 7) is 2.14. The van der Waals surface area contributed by atoms with Crippen molar-refractivity contribution in [2.45, 2.75) is 25.5 Å². The first-order valence-corrected chi connectivity index (χ1v) is 9.36. The molecule has 4 rings (SSSR count). The van der Waals surface area contributed by atoms with E-state index in [9.17, 15) is 14.7 Å². The van der Waals surface area contributed by atoms with Crippen LogP contribution in [-0.4, -0.2) is 52.2 Å². The third kappa shape index (κ3) is 3.93. The third-order valence-corrected chi connectivity index (χ3v) is 4.92. The fourth-order valence-electron chi connectivity index (χ4n) is 3.59. The molecule has 0 saturated carbocycles. The van der Waals surface area contributed by atoms with Gasteiger partial charge in [0.2, 0.25) is 0 Å². The van der Waals surface area contributed by atoms with Crippen molar-refractivity contribution in [2.75, 3.05) is 13.1 Å². The lowest BCUT2D eigenvalue weighted by Crippen LogP contribution is -2.54. The van der Waals surface area contributed by atoms with Gasteiger partial charge in [0.1, 0.15) is 17.0 Å². The van der Waals surface area contributed by atoms with Gasteiger partial charge in [0.25, 0.3) is 11.8 Å². The van der Waals surface area contributed by atoms with Crippen LogP contribution in [0.3, 0.4) is 0 Å². The highest BCUT2D eigenvalue weighted by Crippen LogP contribution is 2.25. The van der Waals surface area contributed by atoms with E-state index in [1.54, 1.807) is 19.1 Å². The zero-order valence-electron chi connectivity index (χ0n) is 15.9. The van der Waals surface area contributed by atoms with Gasteiger partial charge < -0.3 is 24.3 Å². The first-order valence-electron chi connectivity index (χ1n) is 9.36. The van der Waals surface area contributed by atoms with Crippen LogP contribution in [0.1, 0.15) is 33.1 Å². The minimum atomic E-state index is -0.745. The van der Waals surface area contributed by atoms with E-state index in [-0.39, 0.29) is 30.7 Å². The number of benzene rings is 1. The molecule has 1 aliphatic rings. The molecule has 2 amide bonds. The van der Waals surface area contributed by atoms with E-state index < -0.39 is 12.1 Å². The predicted molar refractivity (Wildman–Crippen MR) is 103 cm³/mol. The van der Waals surface area contributed by atoms with Crippen LogP contribution in [0.2, 0.25) is 0 Å². The van der Waals surface area contributed by atoms with Gasteiger partial charge in [-0.3, -0.25) is 9.59 Å². The highest BCUT2D eigenvalue weighted by Gasteiger charge is 2.32. The van der Waals surface area contributed by atoms with Gasteiger partial charge in [0.05, 0.1) is 12.4 Å². The Kier molecular flexibility index (Phi) is 5.18. The van der Waals surface area contributed by atoms with Gasteiger partial charge in [-0.2, -0.15) is 0 Å². The summed E-state index contributed by atoms with van der Waals surface area (Å²) in [7, 11) is 0. The molecule has 8 nitrogen and oxygen atoms in total. The molecule has 1 fully saturated rings. The second-order valence-electron chi connectivity index (χ2n) is 7.08. The summed E-state index contributed by atoms with van der Waals surface area (Å²) in [5, 5.41) is 17.2. The molecule has 1 saturated heterocycles. The molecule has 0 radical (unpaired) electrons. The molecule has 2 N–H and O–H groups in total. The summed E-state index contributed by atoms with van der Waals surface area (Å²) in [6.07, 6.45) is 1.02. The highest BCUT2D eigenvalue weighted by atomic mass is 16.5. The van der Waals surface area contributed by atoms with Gasteiger partial charge in [0.15, 0.2) is 5.76 Å². The number of likely N-dealkylation sites (tertiary alicyclic amines) is 1. The van der Waals surface area contributed by atoms with Crippen molar-refractivity contribution in [3.8, 4) is 11.3 Å². The van der Waals surface area contributed by atoms with Crippen molar-refractivity contribution in [3.05, 3.63) is 65.8 Å². The number of furan rings is 1. The zero-order valence-corrected chi connectivity index (χ0v) is 15.9. The highest BCUT2D eigenvalue weighted by molar-refractivity contribution is 6.01. The number of carbonyl (C=O) groups is 2. The van der Waals surface area contributed by atoms with Crippen LogP contribution in [0, 0.1) is 6.92 Å². The Morgan fingerprint density at radius 1 is 1.17 bits per heavy atom. The van der Waals surface area contributed by atoms with Gasteiger partial charge in [-0.25, -0.2) is 0 Å². The van der Waals surface area contributed by atoms with E-state index in [1.807, 2.05) is 30.3 Å². The average Bonchev–Trinajstić information content (AvgIpc) is 3.37. The smallest absolute Gasteiger partial charge is 0.289 e. The van der Waals surface area contributed by atoms with Crippen molar-refractivity contribution >= 4 is 11.8 Å². The summed E-state index contributed by atoms with van der Waals surface area (Å²) in [6, 6.07) is 12.1. The maximum Gasteiger partial charge on any atom is 0.289 e. The Balaban J connectivity index is 1.51. The second kappa shape index (κ2) is 7.92. The molecule has 2 atom stereocenters. The first kappa shape index (κ1) is 18.9. The molecule has 0 aliphatic carbocycles. The maximum absolute atomic E-state index is 13.0. The quantitative estimate of drug-likeness (QED) is 0.701. The Morgan fingerprint density at radius 2 is 1.97 bits per heavy atom. The lowest BCUT2D eigenvalue weighted by molar-refractivity contribution is 0.0350. The molecule has 0 spiro atoms. The number of nitrogens with zero attached hydrogens (tertiary/aromatic N) is 2. The molecule has 3 heterocycles. The number of hydrogen-bond donors (Lipinski definition) is 2. The number of aryl methyl sites for hydroxylation is 1. The number of piperidine rings is 1. The number of aliphatic hydroxyl groups excluding tert-OH is 1. The zero-order chi connectivity index (χ0) is 20.4. The minimum absolute atomic E-state index is 0.188. The number of aliphatic hydroxyl groups is 1. The molecule has 3 aromatic rings. The molecule has 8 heteroatoms. The standard InChI is InChI=1S/C21H21N3O5/c1-13-18(19(23-29-13)14-6-3-2-4-7-14)20(26)22-15-10-16(25)12-24(11-15)21(27)17-8-5-9-28-17/h2-9,15-16,25H,10-12H2,1H3,(H,22,26)/t15-,16+/m0/s1. The summed E-state index contributed by atoms with van der Waals surface area (Å²) in [4.78, 5) is 27.0. The summed E-state index contributed by atoms with van der Waals surface area (Å²) < 4.78 is 10.4. The Bertz CT molecular complexity index is 997. The SMILES string of the molecule is Cc1onc(-c2ccccc2)c1C(=O)N[C@H]1C[C@@H](O)CN(C(=O)c2ccco2)C1. The number of rotatable bonds is 4. The maximum atomic E-state index is 13.0. The molecule has 0 bridgehead atoms. The van der Waals surface area contributed by atoms with Crippen LogP contribution in [0.4, 0.5) is 0 Å². The number of carbonyl (C=O) groups excluding carboxylic acids is 2. The summed E-state index contributed by atoms with van der Waals surface area (Å²) in [5.41, 5.74) is 1.58. The predicted octanol–water partition coefficient (Wildman–Crippen LogP) is 2.25. The molecular weight excluding hydrogens is 374 g/mol. The molecular formula is C21H21N3O5. The van der Waals surface area contributed by atoms with Crippen LogP contribution >= 0.6 is 0 Å². The van der Waals surface area contributed by atoms with E-state index in [2.05, 4.69) is 10.5 Å². The number of aromatic nitrogens is 1. The van der Waals surface area contributed by atoms with Crippen molar-refractivity contribution in [2.24, 2.45) is 0 Å². The normalized spacial score (nSPS) is 19.2. The molecule has 150 valence electrons. The third-order valence-electron chi connectivity index (χ3n) is 4.92. The van der Waals surface area contributed by atoms with Gasteiger partial charge in [-0.05, 0) is 25.5 Å². The monoisotopic (exact) mass is 395 g/mol. The van der Waals surface area contributed by atoms with Crippen LogP contribution < -0.4 is 5.32 Å². The van der Waals surface area contributed by atoms with E-state index >= 15 is 0 Å². The van der Waals surface area contributed by atoms with E-state index in [0.717, 1.165) is 5.56 Å².